The minimum atomic E-state index is -0.0592. The molecule has 3 aromatic heterocycles. The van der Waals surface area contributed by atoms with Gasteiger partial charge < -0.3 is 10.1 Å². The van der Waals surface area contributed by atoms with E-state index in [1.807, 2.05) is 42.1 Å². The number of pyridine rings is 2. The third kappa shape index (κ3) is 3.79. The number of hydrogen-bond acceptors (Lipinski definition) is 6. The third-order valence-corrected chi connectivity index (χ3v) is 7.40. The molecular formula is C27H28N6O2. The molecule has 0 radical (unpaired) electrons. The SMILES string of the molecule is Cc1cc(-n2ncc3cc(CC(=O)N[C@H]4CN(C)C5(COC5)[C@@H]4c4ccccc4)ncc32)ccn1. The van der Waals surface area contributed by atoms with Gasteiger partial charge >= 0.3 is 0 Å². The molecule has 8 heteroatoms. The number of nitrogens with zero attached hydrogens (tertiary/aromatic N) is 5. The average molecular weight is 469 g/mol. The molecule has 0 saturated carbocycles. The number of carbonyl (C=O) groups is 1. The summed E-state index contributed by atoms with van der Waals surface area (Å²) in [6.07, 6.45) is 5.59. The number of fused-ring (bicyclic) bond motifs is 1. The Balaban J connectivity index is 1.21. The van der Waals surface area contributed by atoms with E-state index in [1.54, 1.807) is 12.4 Å². The Morgan fingerprint density at radius 3 is 2.71 bits per heavy atom. The van der Waals surface area contributed by atoms with Crippen LogP contribution in [0.25, 0.3) is 16.6 Å². The van der Waals surface area contributed by atoms with Gasteiger partial charge in [-0.2, -0.15) is 5.10 Å². The van der Waals surface area contributed by atoms with Gasteiger partial charge in [0.1, 0.15) is 0 Å². The zero-order valence-electron chi connectivity index (χ0n) is 19.9. The van der Waals surface area contributed by atoms with Crippen LogP contribution < -0.4 is 5.32 Å². The molecule has 0 aliphatic carbocycles. The van der Waals surface area contributed by atoms with Crippen molar-refractivity contribution in [2.75, 3.05) is 26.8 Å². The van der Waals surface area contributed by atoms with Crippen LogP contribution in [0.2, 0.25) is 0 Å². The number of likely N-dealkylation sites (tertiary alicyclic amines) is 1. The fourth-order valence-corrected chi connectivity index (χ4v) is 5.60. The molecule has 6 rings (SSSR count). The van der Waals surface area contributed by atoms with E-state index in [4.69, 9.17) is 4.74 Å². The van der Waals surface area contributed by atoms with E-state index in [0.29, 0.717) is 13.2 Å². The minimum Gasteiger partial charge on any atom is -0.377 e. The van der Waals surface area contributed by atoms with Gasteiger partial charge in [0, 0.05) is 29.7 Å². The summed E-state index contributed by atoms with van der Waals surface area (Å²) in [4.78, 5) is 24.3. The van der Waals surface area contributed by atoms with Gasteiger partial charge in [0.25, 0.3) is 0 Å². The summed E-state index contributed by atoms with van der Waals surface area (Å²) in [5.41, 5.74) is 4.66. The molecule has 178 valence electrons. The lowest BCUT2D eigenvalue weighted by molar-refractivity contribution is -0.125. The molecular weight excluding hydrogens is 440 g/mol. The van der Waals surface area contributed by atoms with Crippen LogP contribution in [-0.2, 0) is 16.0 Å². The number of aromatic nitrogens is 4. The highest BCUT2D eigenvalue weighted by Crippen LogP contribution is 2.45. The fourth-order valence-electron chi connectivity index (χ4n) is 5.60. The number of carbonyl (C=O) groups excluding carboxylic acids is 1. The number of amides is 1. The van der Waals surface area contributed by atoms with Crippen LogP contribution in [0.1, 0.15) is 22.9 Å². The molecule has 0 unspecified atom stereocenters. The molecule has 2 saturated heterocycles. The standard InChI is InChI=1S/C27H28N6O2/c1-18-10-22(8-9-28-18)33-24-14-29-21(11-20(24)13-30-33)12-25(34)31-23-15-32(2)27(16-35-17-27)26(23)19-6-4-3-5-7-19/h3-11,13-14,23,26H,12,15-17H2,1-2H3,(H,31,34)/t23-,26+/m0/s1. The Bertz CT molecular complexity index is 1380. The van der Waals surface area contributed by atoms with Gasteiger partial charge in [-0.1, -0.05) is 30.3 Å². The van der Waals surface area contributed by atoms with E-state index in [0.717, 1.165) is 34.5 Å². The highest BCUT2D eigenvalue weighted by Gasteiger charge is 2.57. The zero-order chi connectivity index (χ0) is 24.0. The Hall–Kier alpha value is -3.62. The molecule has 8 nitrogen and oxygen atoms in total. The molecule has 2 atom stereocenters. The van der Waals surface area contributed by atoms with Gasteiger partial charge in [-0.3, -0.25) is 19.7 Å². The second kappa shape index (κ2) is 8.55. The summed E-state index contributed by atoms with van der Waals surface area (Å²) in [5.74, 6) is 0.162. The van der Waals surface area contributed by atoms with Crippen LogP contribution in [0.3, 0.4) is 0 Å². The molecule has 1 aromatic carbocycles. The Labute approximate surface area is 203 Å². The van der Waals surface area contributed by atoms with Crippen LogP contribution in [0, 0.1) is 6.92 Å². The van der Waals surface area contributed by atoms with Crippen molar-refractivity contribution in [3.8, 4) is 5.69 Å². The van der Waals surface area contributed by atoms with Gasteiger partial charge in [0.15, 0.2) is 0 Å². The van der Waals surface area contributed by atoms with E-state index in [-0.39, 0.29) is 29.8 Å². The van der Waals surface area contributed by atoms with Crippen molar-refractivity contribution in [3.05, 3.63) is 84.1 Å². The summed E-state index contributed by atoms with van der Waals surface area (Å²) in [6, 6.07) is 16.3. The van der Waals surface area contributed by atoms with Crippen molar-refractivity contribution < 1.29 is 9.53 Å². The first kappa shape index (κ1) is 21.9. The summed E-state index contributed by atoms with van der Waals surface area (Å²) in [5, 5.41) is 8.79. The van der Waals surface area contributed by atoms with Crippen molar-refractivity contribution in [1.82, 2.24) is 30.0 Å². The van der Waals surface area contributed by atoms with Crippen molar-refractivity contribution in [1.29, 1.82) is 0 Å². The molecule has 1 amide bonds. The Morgan fingerprint density at radius 1 is 1.14 bits per heavy atom. The fraction of sp³-hybridized carbons (Fsp3) is 0.333. The first-order valence-electron chi connectivity index (χ1n) is 11.9. The zero-order valence-corrected chi connectivity index (χ0v) is 19.9. The first-order chi connectivity index (χ1) is 17.0. The van der Waals surface area contributed by atoms with Crippen LogP contribution in [0.15, 0.2) is 67.1 Å². The second-order valence-corrected chi connectivity index (χ2v) is 9.66. The van der Waals surface area contributed by atoms with Gasteiger partial charge in [-0.25, -0.2) is 4.68 Å². The molecule has 2 aliphatic heterocycles. The van der Waals surface area contributed by atoms with Crippen LogP contribution in [0.4, 0.5) is 0 Å². The molecule has 0 bridgehead atoms. The number of benzene rings is 1. The van der Waals surface area contributed by atoms with Crippen LogP contribution in [0.5, 0.6) is 0 Å². The van der Waals surface area contributed by atoms with Gasteiger partial charge in [-0.15, -0.1) is 0 Å². The summed E-state index contributed by atoms with van der Waals surface area (Å²) in [6.45, 7) is 4.12. The summed E-state index contributed by atoms with van der Waals surface area (Å²) < 4.78 is 7.48. The predicted octanol–water partition coefficient (Wildman–Crippen LogP) is 2.65. The average Bonchev–Trinajstić information content (AvgIpc) is 3.37. The number of likely N-dealkylation sites (N-methyl/N-ethyl adjacent to an activating group) is 1. The van der Waals surface area contributed by atoms with Crippen LogP contribution >= 0.6 is 0 Å². The normalized spacial score (nSPS) is 21.3. The predicted molar refractivity (Wildman–Crippen MR) is 132 cm³/mol. The van der Waals surface area contributed by atoms with E-state index in [9.17, 15) is 4.79 Å². The minimum absolute atomic E-state index is 0.0141. The van der Waals surface area contributed by atoms with Gasteiger partial charge in [-0.05, 0) is 37.7 Å². The summed E-state index contributed by atoms with van der Waals surface area (Å²) >= 11 is 0. The molecule has 35 heavy (non-hydrogen) atoms. The molecule has 1 N–H and O–H groups in total. The molecule has 5 heterocycles. The van der Waals surface area contributed by atoms with Gasteiger partial charge in [0.2, 0.25) is 5.91 Å². The highest BCUT2D eigenvalue weighted by atomic mass is 16.5. The maximum Gasteiger partial charge on any atom is 0.226 e. The number of rotatable bonds is 5. The number of nitrogens with one attached hydrogen (secondary N) is 1. The van der Waals surface area contributed by atoms with E-state index < -0.39 is 0 Å². The monoisotopic (exact) mass is 468 g/mol. The van der Waals surface area contributed by atoms with Crippen molar-refractivity contribution in [2.24, 2.45) is 0 Å². The molecule has 1 spiro atoms. The van der Waals surface area contributed by atoms with E-state index in [2.05, 4.69) is 56.6 Å². The number of hydrogen-bond donors (Lipinski definition) is 1. The highest BCUT2D eigenvalue weighted by molar-refractivity contribution is 5.83. The lowest BCUT2D eigenvalue weighted by Crippen LogP contribution is -2.61. The first-order valence-corrected chi connectivity index (χ1v) is 11.9. The molecule has 2 aliphatic rings. The van der Waals surface area contributed by atoms with E-state index >= 15 is 0 Å². The largest absolute Gasteiger partial charge is 0.377 e. The maximum absolute atomic E-state index is 13.1. The van der Waals surface area contributed by atoms with Gasteiger partial charge in [0.05, 0.1) is 60.5 Å². The lowest BCUT2D eigenvalue weighted by atomic mass is 9.76. The second-order valence-electron chi connectivity index (χ2n) is 9.66. The number of aryl methyl sites for hydroxylation is 1. The van der Waals surface area contributed by atoms with Crippen molar-refractivity contribution >= 4 is 16.8 Å². The Kier molecular flexibility index (Phi) is 5.35. The number of ether oxygens (including phenoxy) is 1. The molecule has 2 fully saturated rings. The molecule has 4 aromatic rings. The third-order valence-electron chi connectivity index (χ3n) is 7.40. The lowest BCUT2D eigenvalue weighted by Gasteiger charge is -2.48. The quantitative estimate of drug-likeness (QED) is 0.485. The van der Waals surface area contributed by atoms with Crippen molar-refractivity contribution in [3.63, 3.8) is 0 Å². The summed E-state index contributed by atoms with van der Waals surface area (Å²) in [7, 11) is 2.13. The van der Waals surface area contributed by atoms with Crippen molar-refractivity contribution in [2.45, 2.75) is 30.8 Å². The smallest absolute Gasteiger partial charge is 0.226 e. The maximum atomic E-state index is 13.1. The Morgan fingerprint density at radius 2 is 1.97 bits per heavy atom. The van der Waals surface area contributed by atoms with E-state index in [1.165, 1.54) is 5.56 Å². The van der Waals surface area contributed by atoms with Crippen LogP contribution in [-0.4, -0.2) is 68.9 Å². The topological polar surface area (TPSA) is 85.2 Å².